The van der Waals surface area contributed by atoms with Crippen molar-refractivity contribution in [2.24, 2.45) is 0 Å². The van der Waals surface area contributed by atoms with Gasteiger partial charge in [-0.2, -0.15) is 0 Å². The maximum atomic E-state index is 11.2. The molecule has 1 atom stereocenters. The largest absolute Gasteiger partial charge is 0.466 e. The maximum Gasteiger partial charge on any atom is 0.307 e. The molecule has 13 heavy (non-hydrogen) atoms. The van der Waals surface area contributed by atoms with Gasteiger partial charge in [-0.1, -0.05) is 6.42 Å². The fraction of sp³-hybridized carbons (Fsp3) is 0.900. The van der Waals surface area contributed by atoms with Gasteiger partial charge in [0.2, 0.25) is 0 Å². The van der Waals surface area contributed by atoms with E-state index in [9.17, 15) is 4.79 Å². The van der Waals surface area contributed by atoms with E-state index >= 15 is 0 Å². The molecule has 1 fully saturated rings. The zero-order chi connectivity index (χ0) is 9.68. The molecular weight excluding hydrogens is 166 g/mol. The molecular formula is C10H19NO2. The van der Waals surface area contributed by atoms with Crippen LogP contribution in [0.5, 0.6) is 0 Å². The van der Waals surface area contributed by atoms with Crippen LogP contribution in [-0.2, 0) is 9.53 Å². The van der Waals surface area contributed by atoms with Crippen LogP contribution >= 0.6 is 0 Å². The molecule has 1 heterocycles. The summed E-state index contributed by atoms with van der Waals surface area (Å²) in [6, 6.07) is 0.410. The Balaban J connectivity index is 2.29. The van der Waals surface area contributed by atoms with Crippen LogP contribution in [0.2, 0.25) is 0 Å². The second-order valence-corrected chi connectivity index (χ2v) is 3.64. The minimum absolute atomic E-state index is 0.0544. The average molecular weight is 185 g/mol. The summed E-state index contributed by atoms with van der Waals surface area (Å²) in [6.07, 6.45) is 4.20. The van der Waals surface area contributed by atoms with Gasteiger partial charge < -0.3 is 9.64 Å². The number of ether oxygens (including phenoxy) is 1. The van der Waals surface area contributed by atoms with Gasteiger partial charge in [-0.15, -0.1) is 0 Å². The van der Waals surface area contributed by atoms with E-state index < -0.39 is 0 Å². The zero-order valence-electron chi connectivity index (χ0n) is 8.58. The Morgan fingerprint density at radius 1 is 1.54 bits per heavy atom. The smallest absolute Gasteiger partial charge is 0.307 e. The van der Waals surface area contributed by atoms with Crippen molar-refractivity contribution in [3.63, 3.8) is 0 Å². The summed E-state index contributed by atoms with van der Waals surface area (Å²) >= 11 is 0. The normalized spacial score (nSPS) is 24.3. The minimum Gasteiger partial charge on any atom is -0.466 e. The summed E-state index contributed by atoms with van der Waals surface area (Å²) in [5, 5.41) is 0. The number of carbonyl (C=O) groups is 1. The van der Waals surface area contributed by atoms with Crippen LogP contribution in [0, 0.1) is 0 Å². The number of hydrogen-bond acceptors (Lipinski definition) is 3. The van der Waals surface area contributed by atoms with Crippen LogP contribution in [0.15, 0.2) is 0 Å². The molecule has 3 nitrogen and oxygen atoms in total. The van der Waals surface area contributed by atoms with Gasteiger partial charge in [-0.05, 0) is 33.4 Å². The third kappa shape index (κ3) is 3.35. The van der Waals surface area contributed by atoms with Gasteiger partial charge in [0.25, 0.3) is 0 Å². The molecule has 0 bridgehead atoms. The summed E-state index contributed by atoms with van der Waals surface area (Å²) in [7, 11) is 2.09. The number of nitrogens with zero attached hydrogens (tertiary/aromatic N) is 1. The van der Waals surface area contributed by atoms with E-state index in [1.165, 1.54) is 12.8 Å². The van der Waals surface area contributed by atoms with E-state index in [0.29, 0.717) is 19.1 Å². The Bertz CT molecular complexity index is 170. The Labute approximate surface area is 80.1 Å². The first-order valence-corrected chi connectivity index (χ1v) is 5.10. The molecule has 76 valence electrons. The standard InChI is InChI=1S/C10H19NO2/c1-3-13-10(12)8-9-6-4-5-7-11(9)2/h9H,3-8H2,1-2H3. The lowest BCUT2D eigenvalue weighted by Gasteiger charge is -2.31. The molecule has 0 spiro atoms. The number of likely N-dealkylation sites (tertiary alicyclic amines) is 1. The van der Waals surface area contributed by atoms with Crippen LogP contribution in [-0.4, -0.2) is 37.1 Å². The van der Waals surface area contributed by atoms with Crippen molar-refractivity contribution in [1.82, 2.24) is 4.90 Å². The van der Waals surface area contributed by atoms with E-state index in [1.807, 2.05) is 6.92 Å². The van der Waals surface area contributed by atoms with Crippen molar-refractivity contribution in [2.45, 2.75) is 38.6 Å². The lowest BCUT2D eigenvalue weighted by molar-refractivity contribution is -0.144. The number of esters is 1. The summed E-state index contributed by atoms with van der Waals surface area (Å²) in [6.45, 7) is 3.46. The van der Waals surface area contributed by atoms with Crippen LogP contribution < -0.4 is 0 Å². The molecule has 0 N–H and O–H groups in total. The second kappa shape index (κ2) is 5.22. The number of piperidine rings is 1. The van der Waals surface area contributed by atoms with Gasteiger partial charge in [-0.25, -0.2) is 0 Å². The molecule has 1 saturated heterocycles. The molecule has 1 unspecified atom stereocenters. The predicted molar refractivity (Wildman–Crippen MR) is 51.5 cm³/mol. The molecule has 0 aromatic heterocycles. The van der Waals surface area contributed by atoms with Gasteiger partial charge in [-0.3, -0.25) is 4.79 Å². The average Bonchev–Trinajstić information content (AvgIpc) is 2.09. The molecule has 1 aliphatic heterocycles. The van der Waals surface area contributed by atoms with Crippen LogP contribution in [0.4, 0.5) is 0 Å². The molecule has 0 saturated carbocycles. The highest BCUT2D eigenvalue weighted by Crippen LogP contribution is 2.17. The van der Waals surface area contributed by atoms with Gasteiger partial charge in [0, 0.05) is 6.04 Å². The summed E-state index contributed by atoms with van der Waals surface area (Å²) in [5.74, 6) is -0.0544. The van der Waals surface area contributed by atoms with Crippen molar-refractivity contribution >= 4 is 5.97 Å². The van der Waals surface area contributed by atoms with Crippen LogP contribution in [0.25, 0.3) is 0 Å². The Kier molecular flexibility index (Phi) is 4.22. The monoisotopic (exact) mass is 185 g/mol. The zero-order valence-corrected chi connectivity index (χ0v) is 8.58. The lowest BCUT2D eigenvalue weighted by Crippen LogP contribution is -2.37. The third-order valence-electron chi connectivity index (χ3n) is 2.63. The van der Waals surface area contributed by atoms with Gasteiger partial charge in [0.1, 0.15) is 0 Å². The first-order chi connectivity index (χ1) is 6.24. The van der Waals surface area contributed by atoms with Crippen LogP contribution in [0.3, 0.4) is 0 Å². The molecule has 0 aromatic rings. The van der Waals surface area contributed by atoms with E-state index in [4.69, 9.17) is 4.74 Å². The first-order valence-electron chi connectivity index (χ1n) is 5.10. The molecule has 0 amide bonds. The summed E-state index contributed by atoms with van der Waals surface area (Å²) in [5.41, 5.74) is 0. The molecule has 1 aliphatic rings. The van der Waals surface area contributed by atoms with Crippen molar-refractivity contribution < 1.29 is 9.53 Å². The maximum absolute atomic E-state index is 11.2. The number of carbonyl (C=O) groups excluding carboxylic acids is 1. The van der Waals surface area contributed by atoms with E-state index in [0.717, 1.165) is 13.0 Å². The first kappa shape index (κ1) is 10.5. The topological polar surface area (TPSA) is 29.5 Å². The lowest BCUT2D eigenvalue weighted by atomic mass is 10.0. The number of rotatable bonds is 3. The quantitative estimate of drug-likeness (QED) is 0.623. The molecule has 0 aliphatic carbocycles. The van der Waals surface area contributed by atoms with E-state index in [2.05, 4.69) is 11.9 Å². The Morgan fingerprint density at radius 2 is 2.31 bits per heavy atom. The van der Waals surface area contributed by atoms with E-state index in [-0.39, 0.29) is 5.97 Å². The van der Waals surface area contributed by atoms with Crippen molar-refractivity contribution in [3.05, 3.63) is 0 Å². The third-order valence-corrected chi connectivity index (χ3v) is 2.63. The van der Waals surface area contributed by atoms with Crippen molar-refractivity contribution in [1.29, 1.82) is 0 Å². The van der Waals surface area contributed by atoms with Crippen molar-refractivity contribution in [3.8, 4) is 0 Å². The second-order valence-electron chi connectivity index (χ2n) is 3.64. The predicted octanol–water partition coefficient (Wildman–Crippen LogP) is 1.42. The SMILES string of the molecule is CCOC(=O)CC1CCCCN1C. The highest BCUT2D eigenvalue weighted by atomic mass is 16.5. The molecule has 1 rings (SSSR count). The van der Waals surface area contributed by atoms with Gasteiger partial charge in [0.05, 0.1) is 13.0 Å². The van der Waals surface area contributed by atoms with Gasteiger partial charge in [0.15, 0.2) is 0 Å². The summed E-state index contributed by atoms with van der Waals surface area (Å²) < 4.78 is 4.93. The molecule has 0 aromatic carbocycles. The fourth-order valence-corrected chi connectivity index (χ4v) is 1.81. The van der Waals surface area contributed by atoms with E-state index in [1.54, 1.807) is 0 Å². The number of hydrogen-bond donors (Lipinski definition) is 0. The highest BCUT2D eigenvalue weighted by Gasteiger charge is 2.21. The fourth-order valence-electron chi connectivity index (χ4n) is 1.81. The minimum atomic E-state index is -0.0544. The Morgan fingerprint density at radius 3 is 2.92 bits per heavy atom. The molecule has 0 radical (unpaired) electrons. The molecule has 3 heteroatoms. The van der Waals surface area contributed by atoms with Gasteiger partial charge >= 0.3 is 5.97 Å². The summed E-state index contributed by atoms with van der Waals surface area (Å²) in [4.78, 5) is 13.5. The highest BCUT2D eigenvalue weighted by molar-refractivity contribution is 5.70. The van der Waals surface area contributed by atoms with Crippen molar-refractivity contribution in [2.75, 3.05) is 20.2 Å². The Hall–Kier alpha value is -0.570. The van der Waals surface area contributed by atoms with Crippen LogP contribution in [0.1, 0.15) is 32.6 Å².